The van der Waals surface area contributed by atoms with Crippen LogP contribution in [0.3, 0.4) is 0 Å². The van der Waals surface area contributed by atoms with Gasteiger partial charge >= 0.3 is 0 Å². The summed E-state index contributed by atoms with van der Waals surface area (Å²) in [5.74, 6) is -0.393. The van der Waals surface area contributed by atoms with E-state index in [1.54, 1.807) is 17.5 Å². The van der Waals surface area contributed by atoms with E-state index >= 15 is 0 Å². The maximum Gasteiger partial charge on any atom is 0.252 e. The lowest BCUT2D eigenvalue weighted by Crippen LogP contribution is -2.45. The van der Waals surface area contributed by atoms with Crippen LogP contribution in [0.1, 0.15) is 42.5 Å². The summed E-state index contributed by atoms with van der Waals surface area (Å²) in [6.45, 7) is 6.77. The van der Waals surface area contributed by atoms with Crippen molar-refractivity contribution < 1.29 is 13.2 Å². The first-order valence-corrected chi connectivity index (χ1v) is 11.5. The molecule has 0 radical (unpaired) electrons. The monoisotopic (exact) mass is 406 g/mol. The number of rotatable bonds is 5. The highest BCUT2D eigenvalue weighted by molar-refractivity contribution is 7.91. The minimum atomic E-state index is -3.51. The van der Waals surface area contributed by atoms with Crippen LogP contribution in [-0.2, 0) is 14.8 Å². The highest BCUT2D eigenvalue weighted by Crippen LogP contribution is 2.27. The Morgan fingerprint density at radius 3 is 2.74 bits per heavy atom. The molecule has 2 atom stereocenters. The number of hydrogen-bond acceptors (Lipinski definition) is 4. The third kappa shape index (κ3) is 4.42. The number of piperidine rings is 1. The number of carbonyl (C=O) groups is 1. The first-order valence-electron chi connectivity index (χ1n) is 9.20. The number of carbonyl (C=O) groups excluding carboxylic acids is 1. The quantitative estimate of drug-likeness (QED) is 0.824. The number of aryl methyl sites for hydroxylation is 2. The molecule has 146 valence electrons. The van der Waals surface area contributed by atoms with Crippen molar-refractivity contribution in [1.82, 2.24) is 9.62 Å². The number of thiophene rings is 1. The van der Waals surface area contributed by atoms with Gasteiger partial charge in [-0.1, -0.05) is 29.8 Å². The molecule has 1 fully saturated rings. The van der Waals surface area contributed by atoms with E-state index in [-0.39, 0.29) is 24.4 Å². The van der Waals surface area contributed by atoms with E-state index in [4.69, 9.17) is 0 Å². The van der Waals surface area contributed by atoms with E-state index in [0.29, 0.717) is 23.6 Å². The fourth-order valence-corrected chi connectivity index (χ4v) is 6.30. The van der Waals surface area contributed by atoms with Crippen molar-refractivity contribution in [2.24, 2.45) is 5.92 Å². The summed E-state index contributed by atoms with van der Waals surface area (Å²) in [7, 11) is -3.51. The summed E-state index contributed by atoms with van der Waals surface area (Å²) in [6, 6.07) is 9.43. The lowest BCUT2D eigenvalue weighted by molar-refractivity contribution is -0.126. The molecule has 5 nitrogen and oxygen atoms in total. The van der Waals surface area contributed by atoms with Crippen LogP contribution in [0.2, 0.25) is 0 Å². The summed E-state index contributed by atoms with van der Waals surface area (Å²) in [5, 5.41) is 4.83. The maximum atomic E-state index is 12.8. The highest BCUT2D eigenvalue weighted by Gasteiger charge is 2.34. The first-order chi connectivity index (χ1) is 12.8. The number of nitrogens with one attached hydrogen (secondary N) is 1. The Balaban J connectivity index is 1.68. The van der Waals surface area contributed by atoms with Crippen LogP contribution >= 0.6 is 11.3 Å². The third-order valence-electron chi connectivity index (χ3n) is 5.09. The van der Waals surface area contributed by atoms with E-state index in [1.165, 1.54) is 21.2 Å². The molecule has 1 N–H and O–H groups in total. The van der Waals surface area contributed by atoms with E-state index < -0.39 is 10.0 Å². The molecule has 0 aliphatic carbocycles. The van der Waals surface area contributed by atoms with Crippen LogP contribution in [-0.4, -0.2) is 31.7 Å². The summed E-state index contributed by atoms with van der Waals surface area (Å²) in [4.78, 5) is 12.8. The number of benzene rings is 1. The molecule has 2 aromatic rings. The lowest BCUT2D eigenvalue weighted by atomic mass is 9.96. The van der Waals surface area contributed by atoms with Crippen molar-refractivity contribution in [3.05, 3.63) is 52.4 Å². The number of hydrogen-bond donors (Lipinski definition) is 1. The SMILES string of the molecule is Cc1ccc([C@@H](C)NC(=O)[C@H]2CCCN(S(=O)(=O)c3cccs3)C2)c(C)c1. The van der Waals surface area contributed by atoms with Gasteiger partial charge in [-0.2, -0.15) is 4.31 Å². The molecule has 3 rings (SSSR count). The first kappa shape index (κ1) is 20.0. The van der Waals surface area contributed by atoms with E-state index in [9.17, 15) is 13.2 Å². The largest absolute Gasteiger partial charge is 0.349 e. The fraction of sp³-hybridized carbons (Fsp3) is 0.450. The van der Waals surface area contributed by atoms with Crippen molar-refractivity contribution in [1.29, 1.82) is 0 Å². The van der Waals surface area contributed by atoms with Gasteiger partial charge < -0.3 is 5.32 Å². The van der Waals surface area contributed by atoms with E-state index in [0.717, 1.165) is 11.1 Å². The second kappa shape index (κ2) is 8.12. The average molecular weight is 407 g/mol. The molecule has 1 amide bonds. The molecular formula is C20H26N2O3S2. The predicted molar refractivity (Wildman–Crippen MR) is 108 cm³/mol. The van der Waals surface area contributed by atoms with Gasteiger partial charge in [0.15, 0.2) is 0 Å². The molecule has 1 aromatic heterocycles. The van der Waals surface area contributed by atoms with Crippen molar-refractivity contribution in [3.63, 3.8) is 0 Å². The lowest BCUT2D eigenvalue weighted by Gasteiger charge is -2.31. The van der Waals surface area contributed by atoms with Crippen molar-refractivity contribution >= 4 is 27.3 Å². The Kier molecular flexibility index (Phi) is 6.03. The molecule has 0 bridgehead atoms. The Bertz CT molecular complexity index is 907. The van der Waals surface area contributed by atoms with Crippen molar-refractivity contribution in [3.8, 4) is 0 Å². The molecule has 1 aliphatic heterocycles. The van der Waals surface area contributed by atoms with Crippen LogP contribution in [0.5, 0.6) is 0 Å². The average Bonchev–Trinajstić information content (AvgIpc) is 3.17. The Morgan fingerprint density at radius 2 is 2.07 bits per heavy atom. The topological polar surface area (TPSA) is 66.5 Å². The smallest absolute Gasteiger partial charge is 0.252 e. The molecule has 1 saturated heterocycles. The Morgan fingerprint density at radius 1 is 1.30 bits per heavy atom. The molecule has 2 heterocycles. The van der Waals surface area contributed by atoms with Crippen LogP contribution in [0.4, 0.5) is 0 Å². The zero-order chi connectivity index (χ0) is 19.6. The predicted octanol–water partition coefficient (Wildman–Crippen LogP) is 3.64. The minimum absolute atomic E-state index is 0.0754. The fourth-order valence-electron chi connectivity index (χ4n) is 3.63. The molecule has 7 heteroatoms. The molecule has 1 aromatic carbocycles. The Hall–Kier alpha value is -1.70. The van der Waals surface area contributed by atoms with Gasteiger partial charge in [-0.15, -0.1) is 11.3 Å². The second-order valence-electron chi connectivity index (χ2n) is 7.22. The molecular weight excluding hydrogens is 380 g/mol. The van der Waals surface area contributed by atoms with Crippen molar-refractivity contribution in [2.45, 2.75) is 43.9 Å². The van der Waals surface area contributed by atoms with Gasteiger partial charge in [-0.25, -0.2) is 8.42 Å². The van der Waals surface area contributed by atoms with Gasteiger partial charge in [0, 0.05) is 13.1 Å². The molecule has 0 unspecified atom stereocenters. The van der Waals surface area contributed by atoms with Crippen LogP contribution in [0, 0.1) is 19.8 Å². The third-order valence-corrected chi connectivity index (χ3v) is 8.33. The van der Waals surface area contributed by atoms with Gasteiger partial charge in [0.05, 0.1) is 12.0 Å². The standard InChI is InChI=1S/C20H26N2O3S2/c1-14-8-9-18(15(2)12-14)16(3)21-20(23)17-6-4-10-22(13-17)27(24,25)19-7-5-11-26-19/h5,7-9,11-12,16-17H,4,6,10,13H2,1-3H3,(H,21,23)/t16-,17+/m1/s1. The van der Waals surface area contributed by atoms with Gasteiger partial charge in [-0.3, -0.25) is 4.79 Å². The molecule has 0 saturated carbocycles. The molecule has 27 heavy (non-hydrogen) atoms. The summed E-state index contributed by atoms with van der Waals surface area (Å²) in [6.07, 6.45) is 1.41. The van der Waals surface area contributed by atoms with E-state index in [1.807, 2.05) is 32.9 Å². The normalized spacial score (nSPS) is 19.6. The number of sulfonamides is 1. The van der Waals surface area contributed by atoms with E-state index in [2.05, 4.69) is 11.4 Å². The summed E-state index contributed by atoms with van der Waals surface area (Å²) in [5.41, 5.74) is 3.43. The van der Waals surface area contributed by atoms with Crippen LogP contribution < -0.4 is 5.32 Å². The zero-order valence-corrected chi connectivity index (χ0v) is 17.6. The second-order valence-corrected chi connectivity index (χ2v) is 10.3. The number of nitrogens with zero attached hydrogens (tertiary/aromatic N) is 1. The zero-order valence-electron chi connectivity index (χ0n) is 15.9. The van der Waals surface area contributed by atoms with Gasteiger partial charge in [0.2, 0.25) is 5.91 Å². The van der Waals surface area contributed by atoms with Gasteiger partial charge in [-0.05, 0) is 56.2 Å². The van der Waals surface area contributed by atoms with Crippen LogP contribution in [0.15, 0.2) is 39.9 Å². The molecule has 1 aliphatic rings. The highest BCUT2D eigenvalue weighted by atomic mass is 32.2. The summed E-state index contributed by atoms with van der Waals surface area (Å²) >= 11 is 1.21. The van der Waals surface area contributed by atoms with Crippen LogP contribution in [0.25, 0.3) is 0 Å². The Labute approximate surface area is 165 Å². The number of amides is 1. The minimum Gasteiger partial charge on any atom is -0.349 e. The van der Waals surface area contributed by atoms with Gasteiger partial charge in [0.1, 0.15) is 4.21 Å². The van der Waals surface area contributed by atoms with Crippen molar-refractivity contribution in [2.75, 3.05) is 13.1 Å². The summed E-state index contributed by atoms with van der Waals surface area (Å²) < 4.78 is 27.3. The maximum absolute atomic E-state index is 12.8. The molecule has 0 spiro atoms. The van der Waals surface area contributed by atoms with Gasteiger partial charge in [0.25, 0.3) is 10.0 Å².